The minimum absolute atomic E-state index is 0.389. The maximum Gasteiger partial charge on any atom is 0.328 e. The number of anilines is 1. The number of halogens is 2. The van der Waals surface area contributed by atoms with Gasteiger partial charge in [-0.25, -0.2) is 9.59 Å². The Balaban J connectivity index is 2.75. The van der Waals surface area contributed by atoms with Crippen LogP contribution in [0.2, 0.25) is 5.02 Å². The molecule has 104 valence electrons. The molecule has 1 aromatic carbocycles. The van der Waals surface area contributed by atoms with E-state index in [-0.39, 0.29) is 0 Å². The smallest absolute Gasteiger partial charge is 0.328 e. The van der Waals surface area contributed by atoms with Crippen LogP contribution in [0.3, 0.4) is 0 Å². The number of carboxylic acid groups (broad SMARTS) is 1. The third-order valence-electron chi connectivity index (χ3n) is 2.23. The topological polar surface area (TPSA) is 98.7 Å². The Labute approximate surface area is 122 Å². The first-order valence-corrected chi connectivity index (χ1v) is 6.42. The minimum atomic E-state index is -1.39. The molecule has 0 spiro atoms. The summed E-state index contributed by atoms with van der Waals surface area (Å²) in [6, 6.07) is 2.71. The molecule has 1 aromatic rings. The van der Waals surface area contributed by atoms with Crippen molar-refractivity contribution in [3.63, 3.8) is 0 Å². The summed E-state index contributed by atoms with van der Waals surface area (Å²) in [6.45, 7) is 1.27. The van der Waals surface area contributed by atoms with E-state index in [0.29, 0.717) is 15.2 Å². The van der Waals surface area contributed by atoms with Gasteiger partial charge < -0.3 is 20.8 Å². The zero-order chi connectivity index (χ0) is 14.6. The number of aliphatic carboxylic acids is 1. The summed E-state index contributed by atoms with van der Waals surface area (Å²) in [5.74, 6) is -1.32. The van der Waals surface area contributed by atoms with Crippen LogP contribution in [0.5, 0.6) is 0 Å². The molecule has 2 unspecified atom stereocenters. The molecule has 0 bridgehead atoms. The number of hydrogen-bond donors (Lipinski definition) is 4. The molecule has 0 aliphatic rings. The number of rotatable bonds is 4. The van der Waals surface area contributed by atoms with Crippen molar-refractivity contribution < 1.29 is 19.8 Å². The van der Waals surface area contributed by atoms with Gasteiger partial charge >= 0.3 is 12.0 Å². The summed E-state index contributed by atoms with van der Waals surface area (Å²) in [7, 11) is 0. The molecule has 0 aliphatic heterocycles. The van der Waals surface area contributed by atoms with Gasteiger partial charge in [0.25, 0.3) is 0 Å². The molecule has 0 radical (unpaired) electrons. The van der Waals surface area contributed by atoms with E-state index in [9.17, 15) is 14.7 Å². The van der Waals surface area contributed by atoms with Crippen molar-refractivity contribution in [3.05, 3.63) is 27.7 Å². The van der Waals surface area contributed by atoms with E-state index in [1.54, 1.807) is 18.2 Å². The summed E-state index contributed by atoms with van der Waals surface area (Å²) in [4.78, 5) is 22.5. The fraction of sp³-hybridized carbons (Fsp3) is 0.273. The number of carbonyl (C=O) groups is 2. The molecule has 0 aromatic heterocycles. The molecule has 2 amide bonds. The Hall–Kier alpha value is -1.31. The van der Waals surface area contributed by atoms with Crippen LogP contribution in [0, 0.1) is 0 Å². The van der Waals surface area contributed by atoms with Crippen molar-refractivity contribution in [2.75, 3.05) is 5.32 Å². The first-order chi connectivity index (χ1) is 8.82. The lowest BCUT2D eigenvalue weighted by atomic mass is 10.2. The second-order valence-corrected chi connectivity index (χ2v) is 4.96. The summed E-state index contributed by atoms with van der Waals surface area (Å²) in [5, 5.41) is 23.1. The average Bonchev–Trinajstić information content (AvgIpc) is 2.31. The van der Waals surface area contributed by atoms with Gasteiger partial charge in [-0.3, -0.25) is 0 Å². The second-order valence-electron chi connectivity index (χ2n) is 3.76. The van der Waals surface area contributed by atoms with Crippen molar-refractivity contribution >= 4 is 45.2 Å². The van der Waals surface area contributed by atoms with E-state index in [1.807, 2.05) is 0 Å². The predicted octanol–water partition coefficient (Wildman–Crippen LogP) is 2.06. The molecule has 1 rings (SSSR count). The molecular weight excluding hydrogens is 339 g/mol. The zero-order valence-corrected chi connectivity index (χ0v) is 12.2. The molecule has 8 heteroatoms. The number of aliphatic hydroxyl groups excluding tert-OH is 1. The molecule has 2 atom stereocenters. The highest BCUT2D eigenvalue weighted by molar-refractivity contribution is 9.10. The van der Waals surface area contributed by atoms with Crippen molar-refractivity contribution in [1.82, 2.24) is 5.32 Å². The highest BCUT2D eigenvalue weighted by Gasteiger charge is 2.25. The third kappa shape index (κ3) is 4.38. The number of nitrogens with one attached hydrogen (secondary N) is 2. The molecule has 0 heterocycles. The van der Waals surface area contributed by atoms with Crippen LogP contribution in [-0.4, -0.2) is 34.4 Å². The summed E-state index contributed by atoms with van der Waals surface area (Å²) < 4.78 is 0.482. The van der Waals surface area contributed by atoms with E-state index >= 15 is 0 Å². The van der Waals surface area contributed by atoms with Gasteiger partial charge in [0, 0.05) is 0 Å². The van der Waals surface area contributed by atoms with Crippen LogP contribution in [-0.2, 0) is 4.79 Å². The normalized spacial score (nSPS) is 13.5. The summed E-state index contributed by atoms with van der Waals surface area (Å²) >= 11 is 9.04. The van der Waals surface area contributed by atoms with E-state index in [2.05, 4.69) is 26.6 Å². The molecule has 0 saturated heterocycles. The number of carbonyl (C=O) groups excluding carboxylic acids is 1. The van der Waals surface area contributed by atoms with Gasteiger partial charge in [0.05, 0.1) is 21.3 Å². The highest BCUT2D eigenvalue weighted by atomic mass is 79.9. The maximum atomic E-state index is 11.6. The number of benzene rings is 1. The van der Waals surface area contributed by atoms with Crippen LogP contribution in [0.25, 0.3) is 0 Å². The predicted molar refractivity (Wildman–Crippen MR) is 74.4 cm³/mol. The first-order valence-electron chi connectivity index (χ1n) is 5.25. The van der Waals surface area contributed by atoms with Crippen molar-refractivity contribution in [1.29, 1.82) is 0 Å². The largest absolute Gasteiger partial charge is 0.480 e. The monoisotopic (exact) mass is 350 g/mol. The van der Waals surface area contributed by atoms with Crippen LogP contribution in [0.4, 0.5) is 10.5 Å². The van der Waals surface area contributed by atoms with Gasteiger partial charge in [-0.2, -0.15) is 0 Å². The Morgan fingerprint density at radius 3 is 2.58 bits per heavy atom. The lowest BCUT2D eigenvalue weighted by molar-refractivity contribution is -0.141. The van der Waals surface area contributed by atoms with Gasteiger partial charge in [0.15, 0.2) is 6.04 Å². The fourth-order valence-electron chi connectivity index (χ4n) is 1.29. The SMILES string of the molecule is CC(O)C(NC(=O)Nc1cccc(Cl)c1Br)C(=O)O. The number of aliphatic hydroxyl groups is 1. The Morgan fingerprint density at radius 1 is 1.42 bits per heavy atom. The van der Waals surface area contributed by atoms with E-state index < -0.39 is 24.1 Å². The molecule has 0 aliphatic carbocycles. The quantitative estimate of drug-likeness (QED) is 0.667. The van der Waals surface area contributed by atoms with Crippen LogP contribution in [0.1, 0.15) is 6.92 Å². The first kappa shape index (κ1) is 15.7. The Morgan fingerprint density at radius 2 is 2.05 bits per heavy atom. The highest BCUT2D eigenvalue weighted by Crippen LogP contribution is 2.29. The lowest BCUT2D eigenvalue weighted by Gasteiger charge is -2.17. The molecule has 6 nitrogen and oxygen atoms in total. The van der Waals surface area contributed by atoms with Crippen molar-refractivity contribution in [2.45, 2.75) is 19.1 Å². The van der Waals surface area contributed by atoms with Crippen LogP contribution >= 0.6 is 27.5 Å². The van der Waals surface area contributed by atoms with Gasteiger partial charge in [0.2, 0.25) is 0 Å². The van der Waals surface area contributed by atoms with Gasteiger partial charge in [0.1, 0.15) is 0 Å². The van der Waals surface area contributed by atoms with Crippen molar-refractivity contribution in [3.8, 4) is 0 Å². The Kier molecular flexibility index (Phi) is 5.59. The van der Waals surface area contributed by atoms with E-state index in [1.165, 1.54) is 6.92 Å². The third-order valence-corrected chi connectivity index (χ3v) is 3.63. The minimum Gasteiger partial charge on any atom is -0.480 e. The van der Waals surface area contributed by atoms with Gasteiger partial charge in [-0.05, 0) is 35.0 Å². The van der Waals surface area contributed by atoms with E-state index in [4.69, 9.17) is 16.7 Å². The number of carboxylic acids is 1. The molecule has 19 heavy (non-hydrogen) atoms. The van der Waals surface area contributed by atoms with E-state index in [0.717, 1.165) is 0 Å². The van der Waals surface area contributed by atoms with Crippen LogP contribution < -0.4 is 10.6 Å². The molecule has 0 saturated carbocycles. The second kappa shape index (κ2) is 6.74. The maximum absolute atomic E-state index is 11.6. The zero-order valence-electron chi connectivity index (χ0n) is 9.85. The van der Waals surface area contributed by atoms with Crippen LogP contribution in [0.15, 0.2) is 22.7 Å². The number of urea groups is 1. The fourth-order valence-corrected chi connectivity index (χ4v) is 1.83. The number of hydrogen-bond acceptors (Lipinski definition) is 3. The number of amides is 2. The summed E-state index contributed by atoms with van der Waals surface area (Å²) in [6.07, 6.45) is -1.22. The van der Waals surface area contributed by atoms with Crippen molar-refractivity contribution in [2.24, 2.45) is 0 Å². The Bertz CT molecular complexity index is 496. The molecular formula is C11H12BrClN2O4. The molecule has 4 N–H and O–H groups in total. The average molecular weight is 352 g/mol. The van der Waals surface area contributed by atoms with Gasteiger partial charge in [-0.15, -0.1) is 0 Å². The molecule has 0 fully saturated rings. The lowest BCUT2D eigenvalue weighted by Crippen LogP contribution is -2.49. The standard InChI is InChI=1S/C11H12BrClN2O4/c1-5(16)9(10(17)18)15-11(19)14-7-4-2-3-6(13)8(7)12/h2-5,9,16H,1H3,(H,17,18)(H2,14,15,19). The van der Waals surface area contributed by atoms with Gasteiger partial charge in [-0.1, -0.05) is 17.7 Å². The summed E-state index contributed by atoms with van der Waals surface area (Å²) in [5.41, 5.74) is 0.389.